The normalized spacial score (nSPS) is 33.4. The highest BCUT2D eigenvalue weighted by molar-refractivity contribution is 9.10. The van der Waals surface area contributed by atoms with Crippen LogP contribution in [0.3, 0.4) is 0 Å². The fourth-order valence-corrected chi connectivity index (χ4v) is 7.53. The number of carbonyl (C=O) groups is 1. The minimum absolute atomic E-state index is 0.00326. The van der Waals surface area contributed by atoms with Gasteiger partial charge in [-0.15, -0.1) is 0 Å². The topological polar surface area (TPSA) is 99.0 Å². The Labute approximate surface area is 177 Å². The van der Waals surface area contributed by atoms with Gasteiger partial charge in [0.2, 0.25) is 0 Å². The van der Waals surface area contributed by atoms with Crippen LogP contribution in [0.15, 0.2) is 30.0 Å². The summed E-state index contributed by atoms with van der Waals surface area (Å²) in [4.78, 5) is 20.4. The Kier molecular flexibility index (Phi) is 4.25. The van der Waals surface area contributed by atoms with Crippen LogP contribution in [-0.4, -0.2) is 32.0 Å². The SMILES string of the molecule is N#C/C(=C(/O)COC(=O)C12C[C@@H]3C[C@@H](CC(Br)(C3)C1)C2)c1nc2ccccc2[nH]1. The number of benzene rings is 1. The van der Waals surface area contributed by atoms with Gasteiger partial charge in [-0.3, -0.25) is 4.79 Å². The Balaban J connectivity index is 1.35. The number of nitrogens with one attached hydrogen (secondary N) is 1. The molecule has 1 aromatic heterocycles. The number of aliphatic hydroxyl groups excluding tert-OH is 1. The number of aliphatic hydroxyl groups is 1. The van der Waals surface area contributed by atoms with Crippen molar-refractivity contribution in [2.75, 3.05) is 6.61 Å². The Hall–Kier alpha value is -2.33. The van der Waals surface area contributed by atoms with Gasteiger partial charge >= 0.3 is 5.97 Å². The van der Waals surface area contributed by atoms with Crippen molar-refractivity contribution in [2.24, 2.45) is 17.3 Å². The van der Waals surface area contributed by atoms with Gasteiger partial charge in [-0.05, 0) is 62.5 Å². The standard InChI is InChI=1S/C22H22BrN3O3/c23-22-8-13-5-14(9-22)7-21(6-13,12-22)20(28)29-11-18(27)15(10-24)19-25-16-3-1-2-4-17(16)26-19/h1-4,13-14,27H,5-9,11-12H2,(H,25,26)/b18-15-/t13-,14+,21?,22?. The molecule has 2 aromatic rings. The van der Waals surface area contributed by atoms with Gasteiger partial charge in [-0.1, -0.05) is 28.1 Å². The molecule has 4 saturated carbocycles. The van der Waals surface area contributed by atoms with E-state index in [1.807, 2.05) is 30.3 Å². The van der Waals surface area contributed by atoms with Crippen LogP contribution in [0, 0.1) is 28.6 Å². The number of para-hydroxylation sites is 2. The Morgan fingerprint density at radius 1 is 1.31 bits per heavy atom. The average molecular weight is 456 g/mol. The van der Waals surface area contributed by atoms with E-state index in [-0.39, 0.29) is 34.1 Å². The van der Waals surface area contributed by atoms with Crippen LogP contribution in [-0.2, 0) is 9.53 Å². The minimum atomic E-state index is -0.458. The van der Waals surface area contributed by atoms with Crippen molar-refractivity contribution < 1.29 is 14.6 Å². The Morgan fingerprint density at radius 2 is 2.03 bits per heavy atom. The van der Waals surface area contributed by atoms with Gasteiger partial charge in [-0.25, -0.2) is 4.98 Å². The zero-order valence-electron chi connectivity index (χ0n) is 15.9. The van der Waals surface area contributed by atoms with E-state index >= 15 is 0 Å². The average Bonchev–Trinajstić information content (AvgIpc) is 3.08. The molecule has 0 aliphatic heterocycles. The van der Waals surface area contributed by atoms with E-state index < -0.39 is 5.41 Å². The number of rotatable bonds is 4. The van der Waals surface area contributed by atoms with Crippen LogP contribution in [0.1, 0.15) is 44.3 Å². The van der Waals surface area contributed by atoms with E-state index in [0.29, 0.717) is 17.4 Å². The number of halogens is 1. The molecule has 6 rings (SSSR count). The first-order valence-electron chi connectivity index (χ1n) is 10.0. The maximum atomic E-state index is 13.0. The smallest absolute Gasteiger partial charge is 0.312 e. The molecular weight excluding hydrogens is 434 g/mol. The third kappa shape index (κ3) is 3.14. The first kappa shape index (κ1) is 18.7. The lowest BCUT2D eigenvalue weighted by Crippen LogP contribution is -2.56. The summed E-state index contributed by atoms with van der Waals surface area (Å²) in [5.41, 5.74) is 1.02. The van der Waals surface area contributed by atoms with Gasteiger partial charge in [-0.2, -0.15) is 5.26 Å². The maximum Gasteiger partial charge on any atom is 0.312 e. The number of allylic oxidation sites excluding steroid dienone is 1. The van der Waals surface area contributed by atoms with Crippen LogP contribution >= 0.6 is 15.9 Å². The number of hydrogen-bond acceptors (Lipinski definition) is 5. The summed E-state index contributed by atoms with van der Waals surface area (Å²) in [5, 5.41) is 20.0. The maximum absolute atomic E-state index is 13.0. The lowest BCUT2D eigenvalue weighted by atomic mass is 9.49. The lowest BCUT2D eigenvalue weighted by molar-refractivity contribution is -0.169. The van der Waals surface area contributed by atoms with Crippen LogP contribution in [0.2, 0.25) is 0 Å². The molecule has 6 nitrogen and oxygen atoms in total. The number of fused-ring (bicyclic) bond motifs is 1. The predicted molar refractivity (Wildman–Crippen MR) is 111 cm³/mol. The Morgan fingerprint density at radius 3 is 2.69 bits per heavy atom. The third-order valence-electron chi connectivity index (χ3n) is 6.79. The van der Waals surface area contributed by atoms with Crippen molar-refractivity contribution in [3.8, 4) is 6.07 Å². The summed E-state index contributed by atoms with van der Waals surface area (Å²) in [7, 11) is 0. The van der Waals surface area contributed by atoms with Gasteiger partial charge in [0.15, 0.2) is 11.6 Å². The number of aromatic nitrogens is 2. The number of aromatic amines is 1. The zero-order chi connectivity index (χ0) is 20.2. The molecule has 4 aliphatic carbocycles. The summed E-state index contributed by atoms with van der Waals surface area (Å²) in [6.45, 7) is -0.314. The second kappa shape index (κ2) is 6.60. The van der Waals surface area contributed by atoms with Crippen molar-refractivity contribution in [3.63, 3.8) is 0 Å². The van der Waals surface area contributed by atoms with Crippen molar-refractivity contribution in [2.45, 2.75) is 42.8 Å². The second-order valence-corrected chi connectivity index (χ2v) is 10.7. The molecule has 1 aromatic carbocycles. The van der Waals surface area contributed by atoms with Crippen molar-refractivity contribution in [1.82, 2.24) is 9.97 Å². The van der Waals surface area contributed by atoms with Gasteiger partial charge < -0.3 is 14.8 Å². The predicted octanol–water partition coefficient (Wildman–Crippen LogP) is 4.63. The highest BCUT2D eigenvalue weighted by Gasteiger charge is 2.60. The fourth-order valence-electron chi connectivity index (χ4n) is 6.07. The number of imidazole rings is 1. The van der Waals surface area contributed by atoms with Crippen molar-refractivity contribution in [1.29, 1.82) is 5.26 Å². The number of ether oxygens (including phenoxy) is 1. The molecule has 2 N–H and O–H groups in total. The summed E-state index contributed by atoms with van der Waals surface area (Å²) >= 11 is 3.90. The number of nitrogens with zero attached hydrogens (tertiary/aromatic N) is 2. The third-order valence-corrected chi connectivity index (χ3v) is 7.72. The van der Waals surface area contributed by atoms with Crippen LogP contribution in [0.4, 0.5) is 0 Å². The van der Waals surface area contributed by atoms with Crippen molar-refractivity contribution >= 4 is 38.5 Å². The summed E-state index contributed by atoms with van der Waals surface area (Å²) in [6.07, 6.45) is 6.01. The number of H-pyrrole nitrogens is 1. The highest BCUT2D eigenvalue weighted by Crippen LogP contribution is 2.64. The van der Waals surface area contributed by atoms with Gasteiger partial charge in [0.05, 0.1) is 16.4 Å². The zero-order valence-corrected chi connectivity index (χ0v) is 17.5. The highest BCUT2D eigenvalue weighted by atomic mass is 79.9. The molecule has 29 heavy (non-hydrogen) atoms. The van der Waals surface area contributed by atoms with Crippen molar-refractivity contribution in [3.05, 3.63) is 35.8 Å². The summed E-state index contributed by atoms with van der Waals surface area (Å²) in [5.74, 6) is 0.883. The molecule has 2 unspecified atom stereocenters. The molecule has 0 radical (unpaired) electrons. The molecule has 7 heteroatoms. The number of alkyl halides is 1. The summed E-state index contributed by atoms with van der Waals surface area (Å²) < 4.78 is 5.61. The fraction of sp³-hybridized carbons (Fsp3) is 0.500. The Bertz CT molecular complexity index is 1020. The van der Waals surface area contributed by atoms with E-state index in [1.165, 1.54) is 6.42 Å². The molecule has 0 spiro atoms. The molecule has 4 fully saturated rings. The van der Waals surface area contributed by atoms with Gasteiger partial charge in [0, 0.05) is 4.32 Å². The molecule has 0 amide bonds. The molecule has 0 saturated heterocycles. The van der Waals surface area contributed by atoms with E-state index in [2.05, 4.69) is 25.9 Å². The van der Waals surface area contributed by atoms with Crippen LogP contribution in [0.25, 0.3) is 16.6 Å². The minimum Gasteiger partial charge on any atom is -0.507 e. The molecule has 4 atom stereocenters. The number of hydrogen-bond donors (Lipinski definition) is 2. The monoisotopic (exact) mass is 455 g/mol. The largest absolute Gasteiger partial charge is 0.507 e. The number of nitriles is 1. The van der Waals surface area contributed by atoms with E-state index in [0.717, 1.165) is 37.6 Å². The molecule has 150 valence electrons. The first-order chi connectivity index (χ1) is 13.9. The molecule has 4 aliphatic rings. The van der Waals surface area contributed by atoms with E-state index in [1.54, 1.807) is 0 Å². The van der Waals surface area contributed by atoms with E-state index in [4.69, 9.17) is 4.74 Å². The molecule has 1 heterocycles. The van der Waals surface area contributed by atoms with Gasteiger partial charge in [0.25, 0.3) is 0 Å². The quantitative estimate of drug-likeness (QED) is 0.303. The van der Waals surface area contributed by atoms with Crippen LogP contribution < -0.4 is 0 Å². The molecule has 4 bridgehead atoms. The lowest BCUT2D eigenvalue weighted by Gasteiger charge is -2.58. The summed E-state index contributed by atoms with van der Waals surface area (Å²) in [6, 6.07) is 9.37. The first-order valence-corrected chi connectivity index (χ1v) is 10.8. The number of carbonyl (C=O) groups excluding carboxylic acids is 1. The van der Waals surface area contributed by atoms with E-state index in [9.17, 15) is 15.2 Å². The van der Waals surface area contributed by atoms with Gasteiger partial charge in [0.1, 0.15) is 18.2 Å². The number of esters is 1. The second-order valence-electron chi connectivity index (χ2n) is 9.00. The molecular formula is C22H22BrN3O3. The van der Waals surface area contributed by atoms with Crippen LogP contribution in [0.5, 0.6) is 0 Å².